The van der Waals surface area contributed by atoms with E-state index in [1.165, 1.54) is 6.07 Å². The molecule has 2 aromatic heterocycles. The smallest absolute Gasteiger partial charge is 0.156 e. The summed E-state index contributed by atoms with van der Waals surface area (Å²) in [5.74, 6) is 0.683. The lowest BCUT2D eigenvalue weighted by molar-refractivity contribution is 0.627. The summed E-state index contributed by atoms with van der Waals surface area (Å²) in [5, 5.41) is 0. The van der Waals surface area contributed by atoms with Crippen molar-refractivity contribution >= 4 is 28.8 Å². The van der Waals surface area contributed by atoms with Gasteiger partial charge in [0.05, 0.1) is 17.3 Å². The number of rotatable bonds is 3. The molecule has 0 aliphatic carbocycles. The minimum absolute atomic E-state index is 0.285. The molecule has 0 fully saturated rings. The number of pyridine rings is 1. The van der Waals surface area contributed by atoms with Crippen molar-refractivity contribution in [2.45, 2.75) is 5.88 Å². The lowest BCUT2D eigenvalue weighted by atomic mass is 10.2. The molecule has 0 saturated carbocycles. The Hall–Kier alpha value is -2.07. The number of hydrogen-bond acceptors (Lipinski definition) is 2. The Bertz CT molecular complexity index is 754. The molecule has 0 amide bonds. The number of alkyl halides is 1. The number of imidazole rings is 1. The first-order valence-corrected chi connectivity index (χ1v) is 6.76. The number of benzene rings is 1. The minimum atomic E-state index is -0.285. The first kappa shape index (κ1) is 12.9. The summed E-state index contributed by atoms with van der Waals surface area (Å²) in [6, 6.07) is 12.3. The number of halogens is 2. The molecule has 0 bridgehead atoms. The fourth-order valence-corrected chi connectivity index (χ4v) is 2.51. The van der Waals surface area contributed by atoms with Crippen LogP contribution in [0, 0.1) is 5.82 Å². The van der Waals surface area contributed by atoms with Gasteiger partial charge in [0.15, 0.2) is 5.82 Å². The van der Waals surface area contributed by atoms with E-state index >= 15 is 0 Å². The van der Waals surface area contributed by atoms with Crippen LogP contribution in [-0.2, 0) is 5.88 Å². The van der Waals surface area contributed by atoms with Gasteiger partial charge in [-0.2, -0.15) is 0 Å². The fourth-order valence-electron chi connectivity index (χ4n) is 2.26. The second-order valence-electron chi connectivity index (χ2n) is 4.46. The Kier molecular flexibility index (Phi) is 3.32. The zero-order chi connectivity index (χ0) is 14.1. The van der Waals surface area contributed by atoms with Crippen LogP contribution in [0.4, 0.5) is 15.9 Å². The van der Waals surface area contributed by atoms with Gasteiger partial charge in [0, 0.05) is 13.2 Å². The summed E-state index contributed by atoms with van der Waals surface area (Å²) in [5.41, 5.74) is 2.11. The maximum Gasteiger partial charge on any atom is 0.156 e. The molecule has 0 atom stereocenters. The average Bonchev–Trinajstić information content (AvgIpc) is 2.85. The van der Waals surface area contributed by atoms with Crippen molar-refractivity contribution < 1.29 is 4.39 Å². The molecule has 0 saturated heterocycles. The van der Waals surface area contributed by atoms with Gasteiger partial charge in [-0.05, 0) is 24.3 Å². The quantitative estimate of drug-likeness (QED) is 0.680. The monoisotopic (exact) mass is 289 g/mol. The van der Waals surface area contributed by atoms with Crippen LogP contribution in [0.5, 0.6) is 0 Å². The maximum atomic E-state index is 13.9. The van der Waals surface area contributed by atoms with Gasteiger partial charge in [0.1, 0.15) is 11.5 Å². The van der Waals surface area contributed by atoms with Gasteiger partial charge >= 0.3 is 0 Å². The van der Waals surface area contributed by atoms with Crippen LogP contribution in [0.2, 0.25) is 0 Å². The van der Waals surface area contributed by atoms with Crippen molar-refractivity contribution in [3.8, 4) is 0 Å². The Morgan fingerprint density at radius 1 is 1.20 bits per heavy atom. The van der Waals surface area contributed by atoms with Gasteiger partial charge in [0.2, 0.25) is 0 Å². The van der Waals surface area contributed by atoms with Gasteiger partial charge in [-0.25, -0.2) is 9.37 Å². The Labute approximate surface area is 121 Å². The standard InChI is InChI=1S/C15H13ClFN3/c1-19(12-7-3-2-6-11(12)17)15-13(10-16)20-9-5-4-8-14(20)18-15/h2-9H,10H2,1H3. The molecule has 3 nitrogen and oxygen atoms in total. The number of para-hydroxylation sites is 1. The molecular formula is C15H13ClFN3. The molecule has 0 radical (unpaired) electrons. The van der Waals surface area contributed by atoms with Crippen LogP contribution in [0.1, 0.15) is 5.69 Å². The van der Waals surface area contributed by atoms with E-state index in [4.69, 9.17) is 11.6 Å². The van der Waals surface area contributed by atoms with Gasteiger partial charge in [0.25, 0.3) is 0 Å². The highest BCUT2D eigenvalue weighted by Crippen LogP contribution is 2.29. The van der Waals surface area contributed by atoms with E-state index in [1.54, 1.807) is 30.1 Å². The van der Waals surface area contributed by atoms with Crippen molar-refractivity contribution in [3.05, 3.63) is 60.2 Å². The van der Waals surface area contributed by atoms with Crippen LogP contribution in [0.15, 0.2) is 48.7 Å². The number of aromatic nitrogens is 2. The zero-order valence-electron chi connectivity index (χ0n) is 10.9. The second kappa shape index (κ2) is 5.13. The lowest BCUT2D eigenvalue weighted by Gasteiger charge is -2.18. The Balaban J connectivity index is 2.17. The van der Waals surface area contributed by atoms with Gasteiger partial charge in [-0.15, -0.1) is 11.6 Å². The molecule has 3 aromatic rings. The van der Waals surface area contributed by atoms with Gasteiger partial charge in [-0.3, -0.25) is 0 Å². The molecule has 102 valence electrons. The van der Waals surface area contributed by atoms with Crippen molar-refractivity contribution in [1.82, 2.24) is 9.38 Å². The third kappa shape index (κ3) is 2.02. The zero-order valence-corrected chi connectivity index (χ0v) is 11.7. The summed E-state index contributed by atoms with van der Waals surface area (Å²) in [7, 11) is 1.79. The number of nitrogens with zero attached hydrogens (tertiary/aromatic N) is 3. The van der Waals surface area contributed by atoms with E-state index in [0.717, 1.165) is 11.3 Å². The first-order valence-electron chi connectivity index (χ1n) is 6.22. The van der Waals surface area contributed by atoms with Crippen molar-refractivity contribution in [1.29, 1.82) is 0 Å². The molecule has 0 N–H and O–H groups in total. The summed E-state index contributed by atoms with van der Waals surface area (Å²) in [6.45, 7) is 0. The van der Waals surface area contributed by atoms with Crippen LogP contribution in [-0.4, -0.2) is 16.4 Å². The van der Waals surface area contributed by atoms with Gasteiger partial charge < -0.3 is 9.30 Å². The van der Waals surface area contributed by atoms with Crippen LogP contribution < -0.4 is 4.90 Å². The summed E-state index contributed by atoms with van der Waals surface area (Å²) in [6.07, 6.45) is 1.90. The SMILES string of the molecule is CN(c1ccccc1F)c1nc2ccccn2c1CCl. The minimum Gasteiger partial charge on any atom is -0.325 e. The van der Waals surface area contributed by atoms with Crippen molar-refractivity contribution in [3.63, 3.8) is 0 Å². The van der Waals surface area contributed by atoms with Crippen molar-refractivity contribution in [2.24, 2.45) is 0 Å². The summed E-state index contributed by atoms with van der Waals surface area (Å²) < 4.78 is 15.8. The lowest BCUT2D eigenvalue weighted by Crippen LogP contribution is -2.13. The highest BCUT2D eigenvalue weighted by Gasteiger charge is 2.17. The number of anilines is 2. The second-order valence-corrected chi connectivity index (χ2v) is 4.72. The van der Waals surface area contributed by atoms with Crippen LogP contribution in [0.3, 0.4) is 0 Å². The van der Waals surface area contributed by atoms with Crippen LogP contribution in [0.25, 0.3) is 5.65 Å². The third-order valence-corrected chi connectivity index (χ3v) is 3.52. The molecule has 5 heteroatoms. The topological polar surface area (TPSA) is 20.5 Å². The Morgan fingerprint density at radius 3 is 2.70 bits per heavy atom. The molecular weight excluding hydrogens is 277 g/mol. The molecule has 3 rings (SSSR count). The molecule has 0 aliphatic heterocycles. The largest absolute Gasteiger partial charge is 0.325 e. The van der Waals surface area contributed by atoms with E-state index in [9.17, 15) is 4.39 Å². The summed E-state index contributed by atoms with van der Waals surface area (Å²) >= 11 is 6.04. The molecule has 0 spiro atoms. The van der Waals surface area contributed by atoms with Gasteiger partial charge in [-0.1, -0.05) is 18.2 Å². The first-order chi connectivity index (χ1) is 9.72. The fraction of sp³-hybridized carbons (Fsp3) is 0.133. The normalized spacial score (nSPS) is 10.9. The predicted octanol–water partition coefficient (Wildman–Crippen LogP) is 3.98. The molecule has 1 aromatic carbocycles. The van der Waals surface area contributed by atoms with Crippen molar-refractivity contribution in [2.75, 3.05) is 11.9 Å². The van der Waals surface area contributed by atoms with Crippen LogP contribution >= 0.6 is 11.6 Å². The third-order valence-electron chi connectivity index (χ3n) is 3.27. The predicted molar refractivity (Wildman–Crippen MR) is 79.2 cm³/mol. The molecule has 0 unspecified atom stereocenters. The van der Waals surface area contributed by atoms with E-state index in [2.05, 4.69) is 4.98 Å². The molecule has 0 aliphatic rings. The number of fused-ring (bicyclic) bond motifs is 1. The van der Waals surface area contributed by atoms with E-state index in [1.807, 2.05) is 28.8 Å². The van der Waals surface area contributed by atoms with E-state index in [0.29, 0.717) is 17.4 Å². The average molecular weight is 290 g/mol. The summed E-state index contributed by atoms with van der Waals surface area (Å²) in [4.78, 5) is 6.26. The van der Waals surface area contributed by atoms with E-state index < -0.39 is 0 Å². The van der Waals surface area contributed by atoms with E-state index in [-0.39, 0.29) is 5.82 Å². The highest BCUT2D eigenvalue weighted by molar-refractivity contribution is 6.17. The molecule has 20 heavy (non-hydrogen) atoms. The maximum absolute atomic E-state index is 13.9. The number of hydrogen-bond donors (Lipinski definition) is 0. The molecule has 2 heterocycles. The highest BCUT2D eigenvalue weighted by atomic mass is 35.5. The Morgan fingerprint density at radius 2 is 1.95 bits per heavy atom.